The number of rotatable bonds is 4. The predicted octanol–water partition coefficient (Wildman–Crippen LogP) is 2.94. The number of hydrogen-bond donors (Lipinski definition) is 2. The number of para-hydroxylation sites is 1. The molecule has 1 aliphatic heterocycles. The van der Waals surface area contributed by atoms with Gasteiger partial charge in [0.2, 0.25) is 5.91 Å². The van der Waals surface area contributed by atoms with Gasteiger partial charge >= 0.3 is 0 Å². The number of anilines is 1. The molecule has 0 unspecified atom stereocenters. The third-order valence-electron chi connectivity index (χ3n) is 3.92. The van der Waals surface area contributed by atoms with E-state index in [-0.39, 0.29) is 18.3 Å². The summed E-state index contributed by atoms with van der Waals surface area (Å²) in [7, 11) is 1.62. The van der Waals surface area contributed by atoms with Crippen molar-refractivity contribution in [1.82, 2.24) is 5.32 Å². The van der Waals surface area contributed by atoms with Crippen LogP contribution in [0.15, 0.2) is 42.5 Å². The van der Waals surface area contributed by atoms with Gasteiger partial charge in [0.15, 0.2) is 0 Å². The van der Waals surface area contributed by atoms with Gasteiger partial charge in [0.25, 0.3) is 0 Å². The lowest BCUT2D eigenvalue weighted by Gasteiger charge is -2.18. The molecule has 23 heavy (non-hydrogen) atoms. The lowest BCUT2D eigenvalue weighted by molar-refractivity contribution is -0.115. The maximum absolute atomic E-state index is 12.2. The predicted molar refractivity (Wildman–Crippen MR) is 94.4 cm³/mol. The van der Waals surface area contributed by atoms with Crippen LogP contribution in [-0.4, -0.2) is 19.6 Å². The maximum atomic E-state index is 12.2. The summed E-state index contributed by atoms with van der Waals surface area (Å²) in [5, 5.41) is 6.32. The fourth-order valence-corrected chi connectivity index (χ4v) is 2.79. The van der Waals surface area contributed by atoms with Crippen molar-refractivity contribution in [3.63, 3.8) is 0 Å². The molecular formula is C18H21ClN2O2. The van der Waals surface area contributed by atoms with Crippen molar-refractivity contribution in [2.45, 2.75) is 19.4 Å². The lowest BCUT2D eigenvalue weighted by atomic mass is 10.0. The first-order valence-electron chi connectivity index (χ1n) is 7.50. The summed E-state index contributed by atoms with van der Waals surface area (Å²) >= 11 is 0. The third kappa shape index (κ3) is 4.24. The molecule has 0 aliphatic carbocycles. The Labute approximate surface area is 142 Å². The average molecular weight is 333 g/mol. The minimum absolute atomic E-state index is 0. The molecule has 5 heteroatoms. The Kier molecular flexibility index (Phi) is 6.02. The first-order valence-corrected chi connectivity index (χ1v) is 7.50. The molecule has 4 nitrogen and oxygen atoms in total. The Bertz CT molecular complexity index is 688. The largest absolute Gasteiger partial charge is 0.496 e. The average Bonchev–Trinajstić information content (AvgIpc) is 2.55. The summed E-state index contributed by atoms with van der Waals surface area (Å²) < 4.78 is 5.28. The number of hydrogen-bond acceptors (Lipinski definition) is 3. The Morgan fingerprint density at radius 3 is 2.87 bits per heavy atom. The minimum atomic E-state index is -0.0341. The summed E-state index contributed by atoms with van der Waals surface area (Å²) in [5.41, 5.74) is 4.37. The number of halogens is 1. The monoisotopic (exact) mass is 332 g/mol. The zero-order chi connectivity index (χ0) is 15.4. The summed E-state index contributed by atoms with van der Waals surface area (Å²) in [6.45, 7) is 1.89. The minimum Gasteiger partial charge on any atom is -0.496 e. The second-order valence-corrected chi connectivity index (χ2v) is 5.45. The van der Waals surface area contributed by atoms with E-state index in [1.165, 1.54) is 11.1 Å². The van der Waals surface area contributed by atoms with Crippen molar-refractivity contribution in [1.29, 1.82) is 0 Å². The van der Waals surface area contributed by atoms with Crippen molar-refractivity contribution < 1.29 is 9.53 Å². The van der Waals surface area contributed by atoms with Gasteiger partial charge in [-0.1, -0.05) is 24.3 Å². The van der Waals surface area contributed by atoms with Crippen LogP contribution < -0.4 is 15.4 Å². The van der Waals surface area contributed by atoms with Gasteiger partial charge in [0.05, 0.1) is 13.5 Å². The van der Waals surface area contributed by atoms with Gasteiger partial charge in [0.1, 0.15) is 5.75 Å². The van der Waals surface area contributed by atoms with Crippen LogP contribution >= 0.6 is 12.4 Å². The zero-order valence-electron chi connectivity index (χ0n) is 13.1. The molecule has 2 aromatic carbocycles. The number of methoxy groups -OCH3 is 1. The van der Waals surface area contributed by atoms with Crippen LogP contribution in [0.25, 0.3) is 0 Å². The quantitative estimate of drug-likeness (QED) is 0.905. The number of benzene rings is 2. The fourth-order valence-electron chi connectivity index (χ4n) is 2.79. The van der Waals surface area contributed by atoms with Crippen LogP contribution in [0, 0.1) is 0 Å². The molecule has 1 amide bonds. The first kappa shape index (κ1) is 17.3. The van der Waals surface area contributed by atoms with Crippen molar-refractivity contribution in [3.05, 3.63) is 59.2 Å². The number of ether oxygens (including phenoxy) is 1. The van der Waals surface area contributed by atoms with Crippen LogP contribution in [0.1, 0.15) is 16.7 Å². The second-order valence-electron chi connectivity index (χ2n) is 5.45. The molecule has 0 bridgehead atoms. The highest BCUT2D eigenvalue weighted by molar-refractivity contribution is 5.92. The van der Waals surface area contributed by atoms with E-state index in [4.69, 9.17) is 4.74 Å². The zero-order valence-corrected chi connectivity index (χ0v) is 13.9. The molecule has 0 saturated heterocycles. The van der Waals surface area contributed by atoms with Crippen LogP contribution in [0.4, 0.5) is 5.69 Å². The Morgan fingerprint density at radius 2 is 2.04 bits per heavy atom. The molecular weight excluding hydrogens is 312 g/mol. The fraction of sp³-hybridized carbons (Fsp3) is 0.278. The van der Waals surface area contributed by atoms with Crippen molar-refractivity contribution >= 4 is 24.0 Å². The van der Waals surface area contributed by atoms with E-state index >= 15 is 0 Å². The van der Waals surface area contributed by atoms with Crippen LogP contribution in [0.5, 0.6) is 5.75 Å². The smallest absolute Gasteiger partial charge is 0.228 e. The van der Waals surface area contributed by atoms with Crippen molar-refractivity contribution in [3.8, 4) is 5.75 Å². The van der Waals surface area contributed by atoms with Gasteiger partial charge in [-0.05, 0) is 42.3 Å². The van der Waals surface area contributed by atoms with E-state index < -0.39 is 0 Å². The van der Waals surface area contributed by atoms with Crippen LogP contribution in [0.3, 0.4) is 0 Å². The Hall–Kier alpha value is -2.04. The Balaban J connectivity index is 0.00000192. The van der Waals surface area contributed by atoms with Crippen LogP contribution in [-0.2, 0) is 24.2 Å². The summed E-state index contributed by atoms with van der Waals surface area (Å²) in [4.78, 5) is 12.2. The van der Waals surface area contributed by atoms with E-state index in [2.05, 4.69) is 22.8 Å². The molecule has 3 rings (SSSR count). The van der Waals surface area contributed by atoms with Gasteiger partial charge in [0, 0.05) is 17.8 Å². The van der Waals surface area contributed by atoms with E-state index in [1.54, 1.807) is 7.11 Å². The van der Waals surface area contributed by atoms with Crippen LogP contribution in [0.2, 0.25) is 0 Å². The topological polar surface area (TPSA) is 50.4 Å². The second kappa shape index (κ2) is 7.99. The number of carbonyl (C=O) groups is 1. The summed E-state index contributed by atoms with van der Waals surface area (Å²) in [5.74, 6) is 0.709. The van der Waals surface area contributed by atoms with Crippen molar-refractivity contribution in [2.24, 2.45) is 0 Å². The third-order valence-corrected chi connectivity index (χ3v) is 3.92. The normalized spacial score (nSPS) is 12.7. The van der Waals surface area contributed by atoms with Gasteiger partial charge in [-0.2, -0.15) is 0 Å². The number of carbonyl (C=O) groups excluding carboxylic acids is 1. The van der Waals surface area contributed by atoms with Gasteiger partial charge < -0.3 is 15.4 Å². The highest BCUT2D eigenvalue weighted by atomic mass is 35.5. The Morgan fingerprint density at radius 1 is 1.22 bits per heavy atom. The molecule has 1 heterocycles. The molecule has 2 aromatic rings. The van der Waals surface area contributed by atoms with E-state index in [9.17, 15) is 4.79 Å². The van der Waals surface area contributed by atoms with E-state index in [0.29, 0.717) is 6.42 Å². The van der Waals surface area contributed by atoms with Gasteiger partial charge in [-0.25, -0.2) is 0 Å². The molecule has 0 saturated carbocycles. The highest BCUT2D eigenvalue weighted by Gasteiger charge is 2.11. The number of nitrogens with one attached hydrogen (secondary N) is 2. The van der Waals surface area contributed by atoms with Gasteiger partial charge in [-0.3, -0.25) is 4.79 Å². The molecule has 0 fully saturated rings. The molecule has 122 valence electrons. The lowest BCUT2D eigenvalue weighted by Crippen LogP contribution is -2.24. The molecule has 0 radical (unpaired) electrons. The van der Waals surface area contributed by atoms with E-state index in [1.807, 2.05) is 30.3 Å². The maximum Gasteiger partial charge on any atom is 0.228 e. The highest BCUT2D eigenvalue weighted by Crippen LogP contribution is 2.21. The van der Waals surface area contributed by atoms with Crippen molar-refractivity contribution in [2.75, 3.05) is 19.0 Å². The number of fused-ring (bicyclic) bond motifs is 1. The van der Waals surface area contributed by atoms with Gasteiger partial charge in [-0.15, -0.1) is 12.4 Å². The number of amides is 1. The molecule has 0 atom stereocenters. The standard InChI is InChI=1S/C18H20N2O2.ClH/c1-22-17-5-3-2-4-14(17)11-18(21)20-16-7-6-13-8-9-19-12-15(13)10-16;/h2-7,10,19H,8-9,11-12H2,1H3,(H,20,21);1H. The SMILES string of the molecule is COc1ccccc1CC(=O)Nc1ccc2c(c1)CNCC2.Cl. The summed E-state index contributed by atoms with van der Waals surface area (Å²) in [6, 6.07) is 13.7. The molecule has 2 N–H and O–H groups in total. The van der Waals surface area contributed by atoms with E-state index in [0.717, 1.165) is 36.5 Å². The first-order chi connectivity index (χ1) is 10.8. The summed E-state index contributed by atoms with van der Waals surface area (Å²) in [6.07, 6.45) is 1.35. The molecule has 0 aromatic heterocycles. The molecule has 0 spiro atoms. The molecule has 1 aliphatic rings.